The van der Waals surface area contributed by atoms with Gasteiger partial charge in [-0.05, 0) is 25.7 Å². The van der Waals surface area contributed by atoms with Crippen LogP contribution in [0.1, 0.15) is 39.0 Å². The zero-order chi connectivity index (χ0) is 10.6. The van der Waals surface area contributed by atoms with Crippen molar-refractivity contribution in [2.75, 3.05) is 14.2 Å². The SMILES string of the molecule is COC(CC(C)(O)CCC1CC1)OC. The van der Waals surface area contributed by atoms with E-state index < -0.39 is 5.60 Å². The minimum atomic E-state index is -0.653. The highest BCUT2D eigenvalue weighted by Crippen LogP contribution is 2.36. The summed E-state index contributed by atoms with van der Waals surface area (Å²) in [6.45, 7) is 1.86. The van der Waals surface area contributed by atoms with Crippen molar-refractivity contribution in [3.63, 3.8) is 0 Å². The molecule has 1 fully saturated rings. The lowest BCUT2D eigenvalue weighted by Gasteiger charge is -2.27. The molecular formula is C11H22O3. The molecule has 84 valence electrons. The second kappa shape index (κ2) is 5.10. The third-order valence-electron chi connectivity index (χ3n) is 2.92. The van der Waals surface area contributed by atoms with Gasteiger partial charge in [-0.1, -0.05) is 12.8 Å². The molecule has 1 N–H and O–H groups in total. The molecule has 3 heteroatoms. The van der Waals surface area contributed by atoms with Crippen LogP contribution >= 0.6 is 0 Å². The van der Waals surface area contributed by atoms with E-state index >= 15 is 0 Å². The molecule has 0 spiro atoms. The Morgan fingerprint density at radius 3 is 2.36 bits per heavy atom. The van der Waals surface area contributed by atoms with Crippen LogP contribution in [-0.4, -0.2) is 31.2 Å². The van der Waals surface area contributed by atoms with Crippen molar-refractivity contribution in [3.8, 4) is 0 Å². The van der Waals surface area contributed by atoms with Gasteiger partial charge in [-0.3, -0.25) is 0 Å². The van der Waals surface area contributed by atoms with Crippen LogP contribution < -0.4 is 0 Å². The molecule has 0 aliphatic heterocycles. The molecule has 0 radical (unpaired) electrons. The molecule has 0 aromatic rings. The van der Waals surface area contributed by atoms with Gasteiger partial charge < -0.3 is 14.6 Å². The van der Waals surface area contributed by atoms with E-state index in [4.69, 9.17) is 9.47 Å². The molecule has 0 aromatic heterocycles. The Bertz CT molecular complexity index is 160. The van der Waals surface area contributed by atoms with Gasteiger partial charge in [0.2, 0.25) is 0 Å². The largest absolute Gasteiger partial charge is 0.390 e. The van der Waals surface area contributed by atoms with Gasteiger partial charge in [0.05, 0.1) is 5.60 Å². The lowest BCUT2D eigenvalue weighted by molar-refractivity contribution is -0.141. The topological polar surface area (TPSA) is 38.7 Å². The lowest BCUT2D eigenvalue weighted by atomic mass is 9.94. The monoisotopic (exact) mass is 202 g/mol. The fraction of sp³-hybridized carbons (Fsp3) is 1.00. The van der Waals surface area contributed by atoms with E-state index in [1.54, 1.807) is 14.2 Å². The maximum Gasteiger partial charge on any atom is 0.159 e. The Hall–Kier alpha value is -0.120. The highest BCUT2D eigenvalue weighted by molar-refractivity contribution is 4.80. The number of methoxy groups -OCH3 is 2. The van der Waals surface area contributed by atoms with Crippen molar-refractivity contribution < 1.29 is 14.6 Å². The lowest BCUT2D eigenvalue weighted by Crippen LogP contribution is -2.31. The normalized spacial score (nSPS) is 21.2. The molecule has 0 heterocycles. The summed E-state index contributed by atoms with van der Waals surface area (Å²) in [5, 5.41) is 10.1. The highest BCUT2D eigenvalue weighted by Gasteiger charge is 2.29. The third kappa shape index (κ3) is 4.40. The standard InChI is InChI=1S/C11H22O3/c1-11(12,7-6-9-4-5-9)8-10(13-2)14-3/h9-10,12H,4-8H2,1-3H3. The van der Waals surface area contributed by atoms with E-state index in [9.17, 15) is 5.11 Å². The number of hydrogen-bond acceptors (Lipinski definition) is 3. The summed E-state index contributed by atoms with van der Waals surface area (Å²) in [7, 11) is 3.20. The van der Waals surface area contributed by atoms with E-state index in [-0.39, 0.29) is 6.29 Å². The molecule has 0 aromatic carbocycles. The van der Waals surface area contributed by atoms with E-state index in [2.05, 4.69) is 0 Å². The van der Waals surface area contributed by atoms with Gasteiger partial charge in [-0.15, -0.1) is 0 Å². The van der Waals surface area contributed by atoms with Gasteiger partial charge in [-0.2, -0.15) is 0 Å². The average Bonchev–Trinajstić information content (AvgIpc) is 2.95. The van der Waals surface area contributed by atoms with Crippen molar-refractivity contribution in [2.45, 2.75) is 50.9 Å². The van der Waals surface area contributed by atoms with Gasteiger partial charge >= 0.3 is 0 Å². The van der Waals surface area contributed by atoms with E-state index in [1.807, 2.05) is 6.92 Å². The molecule has 0 amide bonds. The maximum atomic E-state index is 10.1. The molecule has 3 nitrogen and oxygen atoms in total. The van der Waals surface area contributed by atoms with E-state index in [1.165, 1.54) is 12.8 Å². The number of rotatable bonds is 7. The molecule has 0 bridgehead atoms. The Balaban J connectivity index is 2.22. The predicted molar refractivity (Wildman–Crippen MR) is 55.0 cm³/mol. The number of aliphatic hydroxyl groups is 1. The third-order valence-corrected chi connectivity index (χ3v) is 2.92. The smallest absolute Gasteiger partial charge is 0.159 e. The van der Waals surface area contributed by atoms with Crippen LogP contribution in [0.3, 0.4) is 0 Å². The number of ether oxygens (including phenoxy) is 2. The molecule has 1 unspecified atom stereocenters. The zero-order valence-electron chi connectivity index (χ0n) is 9.45. The first kappa shape index (κ1) is 12.0. The van der Waals surface area contributed by atoms with Gasteiger partial charge in [0.1, 0.15) is 0 Å². The molecule has 1 rings (SSSR count). The minimum absolute atomic E-state index is 0.288. The Morgan fingerprint density at radius 1 is 1.36 bits per heavy atom. The Morgan fingerprint density at radius 2 is 1.93 bits per heavy atom. The second-order valence-electron chi connectivity index (χ2n) is 4.58. The quantitative estimate of drug-likeness (QED) is 0.641. The maximum absolute atomic E-state index is 10.1. The molecule has 1 atom stereocenters. The van der Waals surface area contributed by atoms with Crippen LogP contribution in [0.25, 0.3) is 0 Å². The van der Waals surface area contributed by atoms with Crippen molar-refractivity contribution in [1.82, 2.24) is 0 Å². The molecule has 14 heavy (non-hydrogen) atoms. The zero-order valence-corrected chi connectivity index (χ0v) is 9.45. The van der Waals surface area contributed by atoms with E-state index in [0.717, 1.165) is 18.8 Å². The van der Waals surface area contributed by atoms with Crippen LogP contribution in [0.2, 0.25) is 0 Å². The minimum Gasteiger partial charge on any atom is -0.390 e. The summed E-state index contributed by atoms with van der Waals surface area (Å²) in [5.41, 5.74) is -0.653. The predicted octanol–water partition coefficient (Wildman–Crippen LogP) is 1.94. The highest BCUT2D eigenvalue weighted by atomic mass is 16.7. The number of hydrogen-bond donors (Lipinski definition) is 1. The second-order valence-corrected chi connectivity index (χ2v) is 4.58. The van der Waals surface area contributed by atoms with Crippen LogP contribution in [0.15, 0.2) is 0 Å². The van der Waals surface area contributed by atoms with Crippen molar-refractivity contribution >= 4 is 0 Å². The van der Waals surface area contributed by atoms with Crippen LogP contribution in [0.5, 0.6) is 0 Å². The summed E-state index contributed by atoms with van der Waals surface area (Å²) in [6, 6.07) is 0. The summed E-state index contributed by atoms with van der Waals surface area (Å²) < 4.78 is 10.2. The Labute approximate surface area is 86.4 Å². The fourth-order valence-electron chi connectivity index (χ4n) is 1.65. The van der Waals surface area contributed by atoms with Gasteiger partial charge in [0, 0.05) is 20.6 Å². The van der Waals surface area contributed by atoms with Crippen LogP contribution in [0.4, 0.5) is 0 Å². The van der Waals surface area contributed by atoms with Crippen LogP contribution in [-0.2, 0) is 9.47 Å². The first-order chi connectivity index (χ1) is 6.57. The first-order valence-corrected chi connectivity index (χ1v) is 5.35. The van der Waals surface area contributed by atoms with Crippen molar-refractivity contribution in [2.24, 2.45) is 5.92 Å². The first-order valence-electron chi connectivity index (χ1n) is 5.35. The molecular weight excluding hydrogens is 180 g/mol. The Kier molecular flexibility index (Phi) is 4.35. The van der Waals surface area contributed by atoms with Crippen LogP contribution in [0, 0.1) is 5.92 Å². The molecule has 1 saturated carbocycles. The van der Waals surface area contributed by atoms with Crippen molar-refractivity contribution in [3.05, 3.63) is 0 Å². The van der Waals surface area contributed by atoms with Gasteiger partial charge in [0.15, 0.2) is 6.29 Å². The van der Waals surface area contributed by atoms with Gasteiger partial charge in [-0.25, -0.2) is 0 Å². The molecule has 1 aliphatic carbocycles. The van der Waals surface area contributed by atoms with Gasteiger partial charge in [0.25, 0.3) is 0 Å². The fourth-order valence-corrected chi connectivity index (χ4v) is 1.65. The summed E-state index contributed by atoms with van der Waals surface area (Å²) in [5.74, 6) is 0.866. The van der Waals surface area contributed by atoms with Crippen molar-refractivity contribution in [1.29, 1.82) is 0 Å². The molecule has 1 aliphatic rings. The summed E-state index contributed by atoms with van der Waals surface area (Å²) >= 11 is 0. The molecule has 0 saturated heterocycles. The van der Waals surface area contributed by atoms with E-state index in [0.29, 0.717) is 6.42 Å². The summed E-state index contributed by atoms with van der Waals surface area (Å²) in [6.07, 6.45) is 4.92. The average molecular weight is 202 g/mol. The summed E-state index contributed by atoms with van der Waals surface area (Å²) in [4.78, 5) is 0.